The maximum Gasteiger partial charge on any atom is 0.131 e. The smallest absolute Gasteiger partial charge is 0.131 e. The Morgan fingerprint density at radius 3 is 2.56 bits per heavy atom. The summed E-state index contributed by atoms with van der Waals surface area (Å²) in [5, 5.41) is 0.666. The highest BCUT2D eigenvalue weighted by Crippen LogP contribution is 2.31. The molecule has 0 saturated heterocycles. The van der Waals surface area contributed by atoms with Crippen molar-refractivity contribution in [3.63, 3.8) is 0 Å². The zero-order valence-electron chi connectivity index (χ0n) is 10.3. The van der Waals surface area contributed by atoms with E-state index in [0.29, 0.717) is 10.9 Å². The molecule has 0 aliphatic heterocycles. The van der Waals surface area contributed by atoms with Gasteiger partial charge in [0.2, 0.25) is 0 Å². The van der Waals surface area contributed by atoms with Crippen LogP contribution in [0.1, 0.15) is 16.7 Å². The molecule has 2 aromatic rings. The van der Waals surface area contributed by atoms with Crippen LogP contribution in [0, 0.1) is 13.8 Å². The van der Waals surface area contributed by atoms with Crippen LogP contribution in [0.5, 0.6) is 11.5 Å². The van der Waals surface area contributed by atoms with E-state index in [2.05, 4.69) is 13.0 Å². The van der Waals surface area contributed by atoms with Crippen molar-refractivity contribution < 1.29 is 4.74 Å². The van der Waals surface area contributed by atoms with Gasteiger partial charge in [0.1, 0.15) is 11.5 Å². The summed E-state index contributed by atoms with van der Waals surface area (Å²) in [6.45, 7) is 4.10. The van der Waals surface area contributed by atoms with Gasteiger partial charge in [-0.3, -0.25) is 0 Å². The summed E-state index contributed by atoms with van der Waals surface area (Å²) >= 11 is 11.8. The van der Waals surface area contributed by atoms with E-state index in [1.54, 1.807) is 6.07 Å². The molecule has 0 N–H and O–H groups in total. The van der Waals surface area contributed by atoms with Crippen LogP contribution in [0.3, 0.4) is 0 Å². The van der Waals surface area contributed by atoms with Crippen LogP contribution in [0.15, 0.2) is 36.4 Å². The molecular weight excluding hydrogens is 267 g/mol. The van der Waals surface area contributed by atoms with Crippen molar-refractivity contribution >= 4 is 23.2 Å². The van der Waals surface area contributed by atoms with E-state index < -0.39 is 0 Å². The SMILES string of the molecule is Cc1cccc(Oc2ccc(Cl)cc2CCl)c1C. The highest BCUT2D eigenvalue weighted by atomic mass is 35.5. The van der Waals surface area contributed by atoms with Gasteiger partial charge >= 0.3 is 0 Å². The summed E-state index contributed by atoms with van der Waals surface area (Å²) in [5.74, 6) is 1.98. The molecule has 0 spiro atoms. The fourth-order valence-electron chi connectivity index (χ4n) is 1.71. The van der Waals surface area contributed by atoms with Crippen molar-refractivity contribution in [2.75, 3.05) is 0 Å². The van der Waals surface area contributed by atoms with Crippen LogP contribution < -0.4 is 4.74 Å². The van der Waals surface area contributed by atoms with Crippen LogP contribution in [0.4, 0.5) is 0 Å². The third-order valence-electron chi connectivity index (χ3n) is 2.94. The Bertz CT molecular complexity index is 564. The third kappa shape index (κ3) is 2.80. The lowest BCUT2D eigenvalue weighted by Gasteiger charge is -2.13. The summed E-state index contributed by atoms with van der Waals surface area (Å²) in [7, 11) is 0. The first-order chi connectivity index (χ1) is 8.61. The molecule has 0 atom stereocenters. The fourth-order valence-corrected chi connectivity index (χ4v) is 2.11. The standard InChI is InChI=1S/C15H14Cl2O/c1-10-4-3-5-14(11(10)2)18-15-7-6-13(17)8-12(15)9-16/h3-8H,9H2,1-2H3. The third-order valence-corrected chi connectivity index (χ3v) is 3.46. The molecule has 0 aliphatic carbocycles. The molecule has 0 bridgehead atoms. The van der Waals surface area contributed by atoms with E-state index in [1.165, 1.54) is 5.56 Å². The number of halogens is 2. The number of benzene rings is 2. The molecule has 3 heteroatoms. The average molecular weight is 281 g/mol. The zero-order chi connectivity index (χ0) is 13.1. The van der Waals surface area contributed by atoms with E-state index in [9.17, 15) is 0 Å². The molecule has 2 aromatic carbocycles. The molecule has 0 aromatic heterocycles. The van der Waals surface area contributed by atoms with Crippen molar-refractivity contribution in [3.05, 3.63) is 58.1 Å². The Morgan fingerprint density at radius 2 is 1.83 bits per heavy atom. The van der Waals surface area contributed by atoms with E-state index in [0.717, 1.165) is 22.6 Å². The minimum absolute atomic E-state index is 0.376. The number of aryl methyl sites for hydroxylation is 1. The molecule has 0 aliphatic rings. The van der Waals surface area contributed by atoms with Crippen LogP contribution >= 0.6 is 23.2 Å². The number of rotatable bonds is 3. The number of hydrogen-bond donors (Lipinski definition) is 0. The van der Waals surface area contributed by atoms with Gasteiger partial charge in [0, 0.05) is 10.6 Å². The molecule has 0 radical (unpaired) electrons. The number of alkyl halides is 1. The quantitative estimate of drug-likeness (QED) is 0.676. The normalized spacial score (nSPS) is 10.4. The summed E-state index contributed by atoms with van der Waals surface area (Å²) in [6, 6.07) is 11.5. The average Bonchev–Trinajstić information content (AvgIpc) is 2.37. The van der Waals surface area contributed by atoms with Crippen molar-refractivity contribution in [2.24, 2.45) is 0 Å². The molecule has 18 heavy (non-hydrogen) atoms. The lowest BCUT2D eigenvalue weighted by Crippen LogP contribution is -1.93. The van der Waals surface area contributed by atoms with E-state index in [4.69, 9.17) is 27.9 Å². The molecule has 1 nitrogen and oxygen atoms in total. The minimum Gasteiger partial charge on any atom is -0.457 e. The topological polar surface area (TPSA) is 9.23 Å². The van der Waals surface area contributed by atoms with Gasteiger partial charge in [0.15, 0.2) is 0 Å². The first kappa shape index (κ1) is 13.3. The molecular formula is C15H14Cl2O. The Hall–Kier alpha value is -1.18. The second-order valence-electron chi connectivity index (χ2n) is 4.19. The van der Waals surface area contributed by atoms with Crippen LogP contribution in [0.2, 0.25) is 5.02 Å². The fraction of sp³-hybridized carbons (Fsp3) is 0.200. The second-order valence-corrected chi connectivity index (χ2v) is 4.89. The van der Waals surface area contributed by atoms with Crippen molar-refractivity contribution in [2.45, 2.75) is 19.7 Å². The van der Waals surface area contributed by atoms with E-state index >= 15 is 0 Å². The molecule has 0 unspecified atom stereocenters. The van der Waals surface area contributed by atoms with Gasteiger partial charge in [0.05, 0.1) is 5.88 Å². The van der Waals surface area contributed by atoms with Crippen LogP contribution in [-0.4, -0.2) is 0 Å². The zero-order valence-corrected chi connectivity index (χ0v) is 11.8. The second kappa shape index (κ2) is 5.64. The van der Waals surface area contributed by atoms with Gasteiger partial charge in [-0.15, -0.1) is 11.6 Å². The molecule has 2 rings (SSSR count). The van der Waals surface area contributed by atoms with E-state index in [1.807, 2.05) is 31.2 Å². The first-order valence-electron chi connectivity index (χ1n) is 5.70. The highest BCUT2D eigenvalue weighted by molar-refractivity contribution is 6.30. The summed E-state index contributed by atoms with van der Waals surface area (Å²) < 4.78 is 5.92. The van der Waals surface area contributed by atoms with Gasteiger partial charge in [-0.2, -0.15) is 0 Å². The van der Waals surface area contributed by atoms with Gasteiger partial charge in [0.25, 0.3) is 0 Å². The Morgan fingerprint density at radius 1 is 1.06 bits per heavy atom. The van der Waals surface area contributed by atoms with Gasteiger partial charge in [-0.25, -0.2) is 0 Å². The Labute approximate surface area is 117 Å². The maximum absolute atomic E-state index is 5.94. The predicted molar refractivity (Wildman–Crippen MR) is 77.0 cm³/mol. The van der Waals surface area contributed by atoms with Gasteiger partial charge < -0.3 is 4.74 Å². The first-order valence-corrected chi connectivity index (χ1v) is 6.61. The van der Waals surface area contributed by atoms with Crippen molar-refractivity contribution in [3.8, 4) is 11.5 Å². The predicted octanol–water partition coefficient (Wildman–Crippen LogP) is 5.49. The van der Waals surface area contributed by atoms with Gasteiger partial charge in [-0.05, 0) is 49.2 Å². The molecule has 94 valence electrons. The monoisotopic (exact) mass is 280 g/mol. The lowest BCUT2D eigenvalue weighted by atomic mass is 10.1. The minimum atomic E-state index is 0.376. The molecule has 0 saturated carbocycles. The molecule has 0 heterocycles. The molecule has 0 amide bonds. The van der Waals surface area contributed by atoms with Crippen molar-refractivity contribution in [1.82, 2.24) is 0 Å². The Kier molecular flexibility index (Phi) is 4.15. The lowest BCUT2D eigenvalue weighted by molar-refractivity contribution is 0.474. The number of ether oxygens (including phenoxy) is 1. The summed E-state index contributed by atoms with van der Waals surface area (Å²) in [5.41, 5.74) is 3.23. The van der Waals surface area contributed by atoms with Gasteiger partial charge in [-0.1, -0.05) is 23.7 Å². The summed E-state index contributed by atoms with van der Waals surface area (Å²) in [6.07, 6.45) is 0. The largest absolute Gasteiger partial charge is 0.457 e. The molecule has 0 fully saturated rings. The number of hydrogen-bond acceptors (Lipinski definition) is 1. The van der Waals surface area contributed by atoms with Crippen LogP contribution in [-0.2, 0) is 5.88 Å². The summed E-state index contributed by atoms with van der Waals surface area (Å²) in [4.78, 5) is 0. The highest BCUT2D eigenvalue weighted by Gasteiger charge is 2.07. The van der Waals surface area contributed by atoms with E-state index in [-0.39, 0.29) is 0 Å². The maximum atomic E-state index is 5.94. The van der Waals surface area contributed by atoms with Crippen molar-refractivity contribution in [1.29, 1.82) is 0 Å². The Balaban J connectivity index is 2.37. The van der Waals surface area contributed by atoms with Crippen LogP contribution in [0.25, 0.3) is 0 Å².